The number of ether oxygens (including phenoxy) is 2. The number of hydrogen-bond acceptors (Lipinski definition) is 15. The van der Waals surface area contributed by atoms with E-state index in [9.17, 15) is 44.2 Å². The van der Waals surface area contributed by atoms with E-state index in [1.165, 1.54) is 0 Å². The standard InChI is InChI=1S/C35H48N2O14S4.3K/c1-34(2)28-24-26(48-18-8-20-52-51-50-38)12-14-30(28)36(16-6-21-53(39,40)41)32(34)10-5-11-33-35(3,4)29-25-27(49-19-9-23-55(45,46)47)13-15-31(29)37(33)17-7-22-54(42,43)44;;;/h5,10-15,24-25H,6-9,16-23H2,1-4H3,(H3-,38,39,40,41,42,43,44,45,46,47);;;/q;3*+1/p-2. The van der Waals surface area contributed by atoms with Crippen LogP contribution >= 0.6 is 12.0 Å². The molecular weight excluding hydrogens is 918 g/mol. The van der Waals surface area contributed by atoms with Gasteiger partial charge in [-0.2, -0.15) is 17.3 Å². The molecule has 306 valence electrons. The van der Waals surface area contributed by atoms with Crippen molar-refractivity contribution in [3.63, 3.8) is 0 Å². The van der Waals surface area contributed by atoms with E-state index in [0.717, 1.165) is 46.0 Å². The second kappa shape index (κ2) is 25.5. The number of allylic oxidation sites excluding steroid dienone is 4. The van der Waals surface area contributed by atoms with Crippen molar-refractivity contribution in [2.24, 2.45) is 0 Å². The van der Waals surface area contributed by atoms with Crippen LogP contribution in [0.25, 0.3) is 0 Å². The van der Waals surface area contributed by atoms with E-state index in [2.05, 4.69) is 9.37 Å². The summed E-state index contributed by atoms with van der Waals surface area (Å²) < 4.78 is 118. The van der Waals surface area contributed by atoms with Crippen LogP contribution in [0.15, 0.2) is 60.3 Å². The Bertz CT molecular complexity index is 2130. The fourth-order valence-corrected chi connectivity index (χ4v) is 8.58. The number of benzene rings is 2. The monoisotopic (exact) mass is 963 g/mol. The molecule has 4 rings (SSSR count). The third kappa shape index (κ3) is 17.3. The fourth-order valence-electron chi connectivity index (χ4n) is 6.79. The van der Waals surface area contributed by atoms with Crippen molar-refractivity contribution < 1.29 is 222 Å². The number of hydrogen-bond donors (Lipinski definition) is 1. The van der Waals surface area contributed by atoms with Crippen LogP contribution in [0.3, 0.4) is 0 Å². The summed E-state index contributed by atoms with van der Waals surface area (Å²) in [5, 5.41) is 13.3. The van der Waals surface area contributed by atoms with Crippen molar-refractivity contribution >= 4 is 59.5 Å². The van der Waals surface area contributed by atoms with Crippen LogP contribution in [0.1, 0.15) is 64.5 Å². The SMILES string of the molecule is CC1(C)C(/C=C/C=C2/N(CCCS(=O)(=O)O)c3ccc(OCCCSOO[O-])cc3C2(C)C)=[N+](CCCS(=O)(=O)[O-])c2ccc(OCCCS(=O)(=O)[O-])cc21.[K+].[K+].[K+]. The van der Waals surface area contributed by atoms with Gasteiger partial charge >= 0.3 is 154 Å². The van der Waals surface area contributed by atoms with Gasteiger partial charge in [0.05, 0.1) is 44.6 Å². The fraction of sp³-hybridized carbons (Fsp3) is 0.514. The molecule has 0 aromatic heterocycles. The molecule has 0 atom stereocenters. The molecule has 0 saturated carbocycles. The van der Waals surface area contributed by atoms with Crippen molar-refractivity contribution in [3.05, 3.63) is 71.5 Å². The molecule has 0 spiro atoms. The van der Waals surface area contributed by atoms with Crippen molar-refractivity contribution in [3.8, 4) is 11.5 Å². The van der Waals surface area contributed by atoms with E-state index in [1.54, 1.807) is 6.07 Å². The average Bonchev–Trinajstić information content (AvgIpc) is 3.41. The minimum atomic E-state index is -4.46. The number of anilines is 1. The maximum atomic E-state index is 11.6. The second-order valence-electron chi connectivity index (χ2n) is 14.1. The van der Waals surface area contributed by atoms with E-state index in [0.29, 0.717) is 30.3 Å². The molecule has 0 amide bonds. The molecule has 0 aliphatic carbocycles. The molecule has 16 nitrogen and oxygen atoms in total. The molecule has 2 aromatic rings. The van der Waals surface area contributed by atoms with Gasteiger partial charge in [0.15, 0.2) is 5.71 Å². The summed E-state index contributed by atoms with van der Waals surface area (Å²) in [4.78, 5) is 2.00. The molecule has 2 aliphatic heterocycles. The van der Waals surface area contributed by atoms with Gasteiger partial charge in [0, 0.05) is 76.8 Å². The number of fused-ring (bicyclic) bond motifs is 2. The molecule has 0 unspecified atom stereocenters. The number of nitrogens with zero attached hydrogens (tertiary/aromatic N) is 2. The third-order valence-corrected chi connectivity index (χ3v) is 12.3. The molecule has 0 radical (unpaired) electrons. The molecule has 58 heavy (non-hydrogen) atoms. The summed E-state index contributed by atoms with van der Waals surface area (Å²) in [6.45, 7) is 8.89. The van der Waals surface area contributed by atoms with Crippen molar-refractivity contribution in [2.75, 3.05) is 54.2 Å². The summed E-state index contributed by atoms with van der Waals surface area (Å²) >= 11 is 0.872. The Balaban J connectivity index is 0.00000561. The Morgan fingerprint density at radius 2 is 1.38 bits per heavy atom. The molecule has 23 heteroatoms. The topological polar surface area (TPSA) is 235 Å². The Hall–Kier alpha value is 1.86. The first-order valence-electron chi connectivity index (χ1n) is 17.4. The van der Waals surface area contributed by atoms with Crippen molar-refractivity contribution in [1.82, 2.24) is 0 Å². The van der Waals surface area contributed by atoms with Crippen LogP contribution in [0.5, 0.6) is 11.5 Å². The molecule has 2 aromatic carbocycles. The first-order valence-corrected chi connectivity index (χ1v) is 23.1. The smallest absolute Gasteiger partial charge is 0.748 e. The Labute approximate surface area is 473 Å². The number of rotatable bonds is 22. The van der Waals surface area contributed by atoms with Gasteiger partial charge in [0.25, 0.3) is 10.1 Å². The largest absolute Gasteiger partial charge is 1.00 e. The zero-order valence-corrected chi connectivity index (χ0v) is 46.6. The Kier molecular flexibility index (Phi) is 25.5. The van der Waals surface area contributed by atoms with Gasteiger partial charge in [-0.3, -0.25) is 9.59 Å². The maximum Gasteiger partial charge on any atom is 1.00 e. The van der Waals surface area contributed by atoms with Crippen LogP contribution in [0.2, 0.25) is 0 Å². The maximum absolute atomic E-state index is 11.6. The minimum Gasteiger partial charge on any atom is -0.748 e. The molecule has 0 saturated heterocycles. The van der Waals surface area contributed by atoms with E-state index < -0.39 is 58.4 Å². The van der Waals surface area contributed by atoms with Gasteiger partial charge in [-0.05, 0) is 75.1 Å². The van der Waals surface area contributed by atoms with Gasteiger partial charge in [0.2, 0.25) is 5.69 Å². The summed E-state index contributed by atoms with van der Waals surface area (Å²) in [6, 6.07) is 11.0. The van der Waals surface area contributed by atoms with E-state index >= 15 is 0 Å². The van der Waals surface area contributed by atoms with Crippen LogP contribution in [-0.4, -0.2) is 98.5 Å². The van der Waals surface area contributed by atoms with Crippen LogP contribution < -0.4 is 174 Å². The second-order valence-corrected chi connectivity index (χ2v) is 19.5. The zero-order chi connectivity index (χ0) is 40.7. The summed E-state index contributed by atoms with van der Waals surface area (Å²) in [5.74, 6) is 0.0186. The predicted octanol–water partition coefficient (Wildman–Crippen LogP) is -5.52. The van der Waals surface area contributed by atoms with Gasteiger partial charge < -0.3 is 28.7 Å². The molecule has 1 N–H and O–H groups in total. The van der Waals surface area contributed by atoms with E-state index in [1.807, 2.05) is 85.7 Å². The molecule has 0 bridgehead atoms. The van der Waals surface area contributed by atoms with Crippen LogP contribution in [-0.2, 0) is 50.6 Å². The van der Waals surface area contributed by atoms with Crippen molar-refractivity contribution in [1.29, 1.82) is 0 Å². The summed E-state index contributed by atoms with van der Waals surface area (Å²) in [7, 11) is -13.0. The molecule has 2 aliphatic rings. The normalized spacial score (nSPS) is 16.4. The van der Waals surface area contributed by atoms with Gasteiger partial charge in [-0.25, -0.2) is 16.8 Å². The first-order chi connectivity index (χ1) is 25.6. The summed E-state index contributed by atoms with van der Waals surface area (Å²) in [5.41, 5.74) is 3.77. The van der Waals surface area contributed by atoms with Crippen molar-refractivity contribution in [2.45, 2.75) is 64.2 Å². The van der Waals surface area contributed by atoms with Gasteiger partial charge in [-0.1, -0.05) is 19.9 Å². The Morgan fingerprint density at radius 1 is 0.793 bits per heavy atom. The Morgan fingerprint density at radius 3 is 1.98 bits per heavy atom. The third-order valence-electron chi connectivity index (χ3n) is 9.32. The van der Waals surface area contributed by atoms with Gasteiger partial charge in [-0.15, -0.1) is 0 Å². The zero-order valence-electron chi connectivity index (χ0n) is 34.0. The van der Waals surface area contributed by atoms with Crippen LogP contribution in [0, 0.1) is 0 Å². The molecule has 0 fully saturated rings. The van der Waals surface area contributed by atoms with E-state index in [-0.39, 0.29) is 193 Å². The predicted molar refractivity (Wildman–Crippen MR) is 203 cm³/mol. The quantitative estimate of drug-likeness (QED) is 0.0221. The average molecular weight is 964 g/mol. The van der Waals surface area contributed by atoms with E-state index in [4.69, 9.17) is 9.47 Å². The minimum absolute atomic E-state index is 0. The molecular formula is C35H46K3N2O14S4+. The first kappa shape index (κ1) is 57.9. The summed E-state index contributed by atoms with van der Waals surface area (Å²) in [6.07, 6.45) is 6.51. The van der Waals surface area contributed by atoms with Crippen LogP contribution in [0.4, 0.5) is 11.4 Å². The van der Waals surface area contributed by atoms with Gasteiger partial charge in [0.1, 0.15) is 18.0 Å². The molecule has 2 heterocycles.